The molecule has 2 heterocycles. The third kappa shape index (κ3) is 3.59. The predicted molar refractivity (Wildman–Crippen MR) is 82.7 cm³/mol. The Morgan fingerprint density at radius 1 is 1.52 bits per heavy atom. The van der Waals surface area contributed by atoms with Crippen molar-refractivity contribution in [3.8, 4) is 0 Å². The van der Waals surface area contributed by atoms with E-state index in [0.29, 0.717) is 17.7 Å². The summed E-state index contributed by atoms with van der Waals surface area (Å²) in [6, 6.07) is 0.251. The van der Waals surface area contributed by atoms with Gasteiger partial charge in [0.05, 0.1) is 4.92 Å². The van der Waals surface area contributed by atoms with Gasteiger partial charge in [0.2, 0.25) is 11.8 Å². The molecule has 1 aliphatic heterocycles. The molecule has 116 valence electrons. The Morgan fingerprint density at radius 3 is 2.90 bits per heavy atom. The van der Waals surface area contributed by atoms with Crippen LogP contribution in [0, 0.1) is 16.0 Å². The number of rotatable bonds is 5. The quantitative estimate of drug-likeness (QED) is 0.664. The van der Waals surface area contributed by atoms with Gasteiger partial charge in [0, 0.05) is 19.1 Å². The molecule has 2 rings (SSSR count). The van der Waals surface area contributed by atoms with Gasteiger partial charge in [-0.1, -0.05) is 13.8 Å². The molecule has 1 fully saturated rings. The van der Waals surface area contributed by atoms with Crippen LogP contribution < -0.4 is 10.2 Å². The zero-order chi connectivity index (χ0) is 15.4. The predicted octanol–water partition coefficient (Wildman–Crippen LogP) is 2.83. The van der Waals surface area contributed by atoms with Gasteiger partial charge in [0.1, 0.15) is 6.20 Å². The van der Waals surface area contributed by atoms with Crippen LogP contribution in [0.2, 0.25) is 0 Å². The van der Waals surface area contributed by atoms with Crippen molar-refractivity contribution in [2.45, 2.75) is 46.1 Å². The van der Waals surface area contributed by atoms with Crippen molar-refractivity contribution in [3.05, 3.63) is 16.3 Å². The highest BCUT2D eigenvalue weighted by Gasteiger charge is 2.30. The van der Waals surface area contributed by atoms with Crippen molar-refractivity contribution >= 4 is 17.5 Å². The summed E-state index contributed by atoms with van der Waals surface area (Å²) < 4.78 is 0. The van der Waals surface area contributed by atoms with Gasteiger partial charge >= 0.3 is 5.69 Å². The minimum atomic E-state index is -0.399. The molecule has 0 radical (unpaired) electrons. The van der Waals surface area contributed by atoms with Gasteiger partial charge in [0.15, 0.2) is 0 Å². The normalized spacial score (nSPS) is 22.1. The summed E-state index contributed by atoms with van der Waals surface area (Å²) in [7, 11) is 0. The first-order valence-corrected chi connectivity index (χ1v) is 7.54. The Labute approximate surface area is 124 Å². The van der Waals surface area contributed by atoms with Crippen LogP contribution in [0.5, 0.6) is 0 Å². The Hall–Kier alpha value is -1.92. The molecule has 0 bridgehead atoms. The highest BCUT2D eigenvalue weighted by atomic mass is 16.6. The molecule has 1 N–H and O–H groups in total. The molecule has 1 aromatic rings. The fourth-order valence-electron chi connectivity index (χ4n) is 2.75. The lowest BCUT2D eigenvalue weighted by Crippen LogP contribution is -2.41. The molecule has 21 heavy (non-hydrogen) atoms. The average Bonchev–Trinajstić information content (AvgIpc) is 2.44. The molecule has 0 aromatic carbocycles. The van der Waals surface area contributed by atoms with Crippen LogP contribution in [0.1, 0.15) is 40.0 Å². The maximum absolute atomic E-state index is 11.2. The summed E-state index contributed by atoms with van der Waals surface area (Å²) in [5.74, 6) is 1.55. The standard InChI is InChI=1S/C14H23N5O2/c1-4-6-15-14-16-9-12(19(20)21)13(17-14)18-7-5-10(2)8-11(18)3/h9-11H,4-8H2,1-3H3,(H,15,16,17). The molecule has 0 spiro atoms. The second-order valence-corrected chi connectivity index (χ2v) is 5.76. The van der Waals surface area contributed by atoms with Crippen LogP contribution in [0.4, 0.5) is 17.5 Å². The molecule has 7 nitrogen and oxygen atoms in total. The van der Waals surface area contributed by atoms with E-state index in [-0.39, 0.29) is 11.7 Å². The molecule has 0 saturated carbocycles. The van der Waals surface area contributed by atoms with Gasteiger partial charge in [-0.15, -0.1) is 0 Å². The van der Waals surface area contributed by atoms with E-state index in [1.54, 1.807) is 0 Å². The van der Waals surface area contributed by atoms with Crippen molar-refractivity contribution in [2.75, 3.05) is 23.3 Å². The topological polar surface area (TPSA) is 84.2 Å². The number of hydrogen-bond donors (Lipinski definition) is 1. The lowest BCUT2D eigenvalue weighted by atomic mass is 9.93. The van der Waals surface area contributed by atoms with Gasteiger partial charge in [-0.3, -0.25) is 10.1 Å². The first kappa shape index (κ1) is 15.5. The number of nitro groups is 1. The third-order valence-corrected chi connectivity index (χ3v) is 3.89. The van der Waals surface area contributed by atoms with Crippen molar-refractivity contribution in [1.29, 1.82) is 0 Å². The Kier molecular flexibility index (Phi) is 4.93. The monoisotopic (exact) mass is 293 g/mol. The highest BCUT2D eigenvalue weighted by Crippen LogP contribution is 2.32. The number of anilines is 2. The van der Waals surface area contributed by atoms with E-state index >= 15 is 0 Å². The van der Waals surface area contributed by atoms with Crippen LogP contribution in [0.3, 0.4) is 0 Å². The summed E-state index contributed by atoms with van der Waals surface area (Å²) in [5, 5.41) is 14.3. The van der Waals surface area contributed by atoms with E-state index in [2.05, 4.69) is 29.1 Å². The van der Waals surface area contributed by atoms with E-state index in [0.717, 1.165) is 32.4 Å². The van der Waals surface area contributed by atoms with Gasteiger partial charge in [-0.2, -0.15) is 4.98 Å². The summed E-state index contributed by atoms with van der Waals surface area (Å²) in [4.78, 5) is 21.3. The second kappa shape index (κ2) is 6.69. The van der Waals surface area contributed by atoms with Crippen LogP contribution in [0.15, 0.2) is 6.20 Å². The maximum atomic E-state index is 11.2. The highest BCUT2D eigenvalue weighted by molar-refractivity contribution is 5.59. The van der Waals surface area contributed by atoms with E-state index < -0.39 is 4.92 Å². The van der Waals surface area contributed by atoms with Crippen LogP contribution in [0.25, 0.3) is 0 Å². The molecular formula is C14H23N5O2. The first-order valence-electron chi connectivity index (χ1n) is 7.54. The summed E-state index contributed by atoms with van der Waals surface area (Å²) in [5.41, 5.74) is -0.0153. The summed E-state index contributed by atoms with van der Waals surface area (Å²) in [6.45, 7) is 7.92. The molecule has 1 aromatic heterocycles. The fraction of sp³-hybridized carbons (Fsp3) is 0.714. The molecular weight excluding hydrogens is 270 g/mol. The molecule has 2 atom stereocenters. The summed E-state index contributed by atoms with van der Waals surface area (Å²) >= 11 is 0. The van der Waals surface area contributed by atoms with Crippen molar-refractivity contribution in [1.82, 2.24) is 9.97 Å². The van der Waals surface area contributed by atoms with Crippen molar-refractivity contribution in [2.24, 2.45) is 5.92 Å². The Morgan fingerprint density at radius 2 is 2.29 bits per heavy atom. The van der Waals surface area contributed by atoms with E-state index in [9.17, 15) is 10.1 Å². The zero-order valence-electron chi connectivity index (χ0n) is 12.9. The van der Waals surface area contributed by atoms with Gasteiger partial charge in [0.25, 0.3) is 0 Å². The lowest BCUT2D eigenvalue weighted by molar-refractivity contribution is -0.384. The number of aromatic nitrogens is 2. The fourth-order valence-corrected chi connectivity index (χ4v) is 2.75. The van der Waals surface area contributed by atoms with E-state index in [4.69, 9.17) is 0 Å². The average molecular weight is 293 g/mol. The van der Waals surface area contributed by atoms with Crippen LogP contribution in [-0.4, -0.2) is 34.0 Å². The molecule has 1 saturated heterocycles. The SMILES string of the molecule is CCCNc1ncc([N+](=O)[O-])c(N2CCC(C)CC2C)n1. The van der Waals surface area contributed by atoms with Gasteiger partial charge < -0.3 is 10.2 Å². The number of piperidine rings is 1. The van der Waals surface area contributed by atoms with Crippen LogP contribution in [-0.2, 0) is 0 Å². The van der Waals surface area contributed by atoms with Crippen molar-refractivity contribution in [3.63, 3.8) is 0 Å². The maximum Gasteiger partial charge on any atom is 0.329 e. The van der Waals surface area contributed by atoms with Crippen LogP contribution >= 0.6 is 0 Å². The number of nitrogens with zero attached hydrogens (tertiary/aromatic N) is 4. The largest absolute Gasteiger partial charge is 0.354 e. The van der Waals surface area contributed by atoms with Gasteiger partial charge in [-0.05, 0) is 32.1 Å². The molecule has 0 aliphatic carbocycles. The molecule has 7 heteroatoms. The lowest BCUT2D eigenvalue weighted by Gasteiger charge is -2.36. The first-order chi connectivity index (χ1) is 10.0. The zero-order valence-corrected chi connectivity index (χ0v) is 12.9. The molecule has 0 amide bonds. The smallest absolute Gasteiger partial charge is 0.329 e. The second-order valence-electron chi connectivity index (χ2n) is 5.76. The van der Waals surface area contributed by atoms with E-state index in [1.807, 2.05) is 11.8 Å². The Bertz CT molecular complexity index is 508. The number of nitrogens with one attached hydrogen (secondary N) is 1. The summed E-state index contributed by atoms with van der Waals surface area (Å²) in [6.07, 6.45) is 4.32. The minimum absolute atomic E-state index is 0.0153. The third-order valence-electron chi connectivity index (χ3n) is 3.89. The van der Waals surface area contributed by atoms with Gasteiger partial charge in [-0.25, -0.2) is 4.98 Å². The number of hydrogen-bond acceptors (Lipinski definition) is 6. The Balaban J connectivity index is 2.31. The van der Waals surface area contributed by atoms with Crippen molar-refractivity contribution < 1.29 is 4.92 Å². The molecule has 1 aliphatic rings. The minimum Gasteiger partial charge on any atom is -0.354 e. The molecule has 2 unspecified atom stereocenters. The van der Waals surface area contributed by atoms with E-state index in [1.165, 1.54) is 6.20 Å².